The fourth-order valence-corrected chi connectivity index (χ4v) is 1.06. The van der Waals surface area contributed by atoms with Gasteiger partial charge in [-0.25, -0.2) is 9.69 Å². The van der Waals surface area contributed by atoms with Gasteiger partial charge in [-0.2, -0.15) is 0 Å². The van der Waals surface area contributed by atoms with Crippen molar-refractivity contribution in [1.29, 1.82) is 0 Å². The molecular weight excluding hydrogens is 162 g/mol. The summed E-state index contributed by atoms with van der Waals surface area (Å²) in [5.41, 5.74) is -1.00. The molecule has 68 valence electrons. The molecule has 12 heavy (non-hydrogen) atoms. The summed E-state index contributed by atoms with van der Waals surface area (Å²) in [5.74, 6) is -0.499. The molecule has 1 fully saturated rings. The number of carbonyl (C=O) groups excluding carboxylic acids is 1. The van der Waals surface area contributed by atoms with E-state index in [1.807, 2.05) is 0 Å². The van der Waals surface area contributed by atoms with Gasteiger partial charge in [-0.05, 0) is 13.8 Å². The average molecular weight is 173 g/mol. The molecule has 1 heterocycles. The molecule has 0 aromatic heterocycles. The summed E-state index contributed by atoms with van der Waals surface area (Å²) in [6, 6.07) is 0. The van der Waals surface area contributed by atoms with Crippen LogP contribution in [-0.2, 0) is 9.53 Å². The minimum Gasteiger partial charge on any atom is -0.465 e. The van der Waals surface area contributed by atoms with Crippen molar-refractivity contribution < 1.29 is 19.4 Å². The fraction of sp³-hybridized carbons (Fsp3) is 0.714. The molecule has 0 aromatic carbocycles. The van der Waals surface area contributed by atoms with E-state index in [1.165, 1.54) is 0 Å². The lowest BCUT2D eigenvalue weighted by Crippen LogP contribution is -2.55. The maximum atomic E-state index is 11.3. The van der Waals surface area contributed by atoms with Gasteiger partial charge in [0.15, 0.2) is 0 Å². The van der Waals surface area contributed by atoms with Gasteiger partial charge in [-0.3, -0.25) is 4.79 Å². The Balaban J connectivity index is 2.80. The zero-order valence-electron chi connectivity index (χ0n) is 7.03. The SMILES string of the molecule is CC1(C)OCCN(C(=O)O)C1=O. The Morgan fingerprint density at radius 1 is 1.67 bits per heavy atom. The van der Waals surface area contributed by atoms with E-state index in [0.29, 0.717) is 0 Å². The summed E-state index contributed by atoms with van der Waals surface area (Å²) < 4.78 is 5.10. The zero-order chi connectivity index (χ0) is 9.35. The van der Waals surface area contributed by atoms with Crippen LogP contribution >= 0.6 is 0 Å². The Kier molecular flexibility index (Phi) is 2.06. The first kappa shape index (κ1) is 8.99. The molecule has 0 spiro atoms. The molecule has 0 atom stereocenters. The molecule has 0 unspecified atom stereocenters. The molecule has 1 saturated heterocycles. The minimum atomic E-state index is -1.21. The highest BCUT2D eigenvalue weighted by Gasteiger charge is 2.39. The van der Waals surface area contributed by atoms with Crippen molar-refractivity contribution in [3.63, 3.8) is 0 Å². The molecule has 5 heteroatoms. The number of hydrogen-bond donors (Lipinski definition) is 1. The van der Waals surface area contributed by atoms with Crippen LogP contribution in [0.2, 0.25) is 0 Å². The first-order valence-corrected chi connectivity index (χ1v) is 3.64. The maximum Gasteiger partial charge on any atom is 0.414 e. The number of morpholine rings is 1. The van der Waals surface area contributed by atoms with E-state index in [9.17, 15) is 9.59 Å². The highest BCUT2D eigenvalue weighted by atomic mass is 16.5. The molecule has 1 aliphatic rings. The van der Waals surface area contributed by atoms with Crippen LogP contribution in [0.3, 0.4) is 0 Å². The van der Waals surface area contributed by atoms with Gasteiger partial charge in [-0.1, -0.05) is 0 Å². The number of rotatable bonds is 0. The Morgan fingerprint density at radius 2 is 2.25 bits per heavy atom. The highest BCUT2D eigenvalue weighted by molar-refractivity contribution is 5.96. The van der Waals surface area contributed by atoms with Gasteiger partial charge < -0.3 is 9.84 Å². The molecule has 1 N–H and O–H groups in total. The second-order valence-electron chi connectivity index (χ2n) is 3.10. The van der Waals surface area contributed by atoms with Crippen molar-refractivity contribution >= 4 is 12.0 Å². The fourth-order valence-electron chi connectivity index (χ4n) is 1.06. The number of nitrogens with zero attached hydrogens (tertiary/aromatic N) is 1. The standard InChI is InChI=1S/C7H11NO4/c1-7(2)5(9)8(6(10)11)3-4-12-7/h3-4H2,1-2H3,(H,10,11). The van der Waals surface area contributed by atoms with E-state index >= 15 is 0 Å². The van der Waals surface area contributed by atoms with Crippen LogP contribution in [0.5, 0.6) is 0 Å². The Bertz CT molecular complexity index is 223. The molecule has 0 aliphatic carbocycles. The lowest BCUT2D eigenvalue weighted by atomic mass is 10.1. The van der Waals surface area contributed by atoms with Gasteiger partial charge in [-0.15, -0.1) is 0 Å². The normalized spacial score (nSPS) is 22.5. The van der Waals surface area contributed by atoms with Crippen molar-refractivity contribution in [2.75, 3.05) is 13.2 Å². The summed E-state index contributed by atoms with van der Waals surface area (Å²) in [6.45, 7) is 3.51. The summed E-state index contributed by atoms with van der Waals surface area (Å²) in [5, 5.41) is 8.59. The first-order valence-electron chi connectivity index (χ1n) is 3.64. The van der Waals surface area contributed by atoms with Crippen LogP contribution in [0.1, 0.15) is 13.8 Å². The Hall–Kier alpha value is -1.10. The van der Waals surface area contributed by atoms with Crippen LogP contribution in [-0.4, -0.2) is 40.8 Å². The molecule has 1 aliphatic heterocycles. The highest BCUT2D eigenvalue weighted by Crippen LogP contribution is 2.17. The second kappa shape index (κ2) is 2.75. The van der Waals surface area contributed by atoms with Gasteiger partial charge in [0.1, 0.15) is 5.60 Å². The molecule has 0 radical (unpaired) electrons. The molecule has 5 nitrogen and oxygen atoms in total. The van der Waals surface area contributed by atoms with E-state index in [-0.39, 0.29) is 13.2 Å². The maximum absolute atomic E-state index is 11.3. The molecule has 1 rings (SSSR count). The van der Waals surface area contributed by atoms with Gasteiger partial charge in [0, 0.05) is 0 Å². The smallest absolute Gasteiger partial charge is 0.414 e. The van der Waals surface area contributed by atoms with Gasteiger partial charge in [0.25, 0.3) is 5.91 Å². The number of carbonyl (C=O) groups is 2. The third-order valence-corrected chi connectivity index (χ3v) is 1.77. The van der Waals surface area contributed by atoms with Crippen LogP contribution in [0.25, 0.3) is 0 Å². The topological polar surface area (TPSA) is 66.8 Å². The number of amides is 2. The Labute approximate surface area is 69.9 Å². The number of hydrogen-bond acceptors (Lipinski definition) is 3. The molecule has 0 saturated carbocycles. The first-order chi connectivity index (χ1) is 5.45. The van der Waals surface area contributed by atoms with Crippen LogP contribution in [0, 0.1) is 0 Å². The summed E-state index contributed by atoms with van der Waals surface area (Å²) in [4.78, 5) is 22.6. The zero-order valence-corrected chi connectivity index (χ0v) is 7.03. The summed E-state index contributed by atoms with van der Waals surface area (Å²) >= 11 is 0. The van der Waals surface area contributed by atoms with Crippen LogP contribution in [0.15, 0.2) is 0 Å². The van der Waals surface area contributed by atoms with E-state index in [1.54, 1.807) is 13.8 Å². The average Bonchev–Trinajstić information content (AvgIpc) is 1.94. The van der Waals surface area contributed by atoms with Crippen LogP contribution in [0.4, 0.5) is 4.79 Å². The van der Waals surface area contributed by atoms with Gasteiger partial charge >= 0.3 is 6.09 Å². The molecular formula is C7H11NO4. The monoisotopic (exact) mass is 173 g/mol. The predicted molar refractivity (Wildman–Crippen MR) is 39.8 cm³/mol. The van der Waals surface area contributed by atoms with Crippen molar-refractivity contribution in [3.8, 4) is 0 Å². The predicted octanol–water partition coefficient (Wildman–Crippen LogP) is 0.302. The largest absolute Gasteiger partial charge is 0.465 e. The van der Waals surface area contributed by atoms with E-state index < -0.39 is 17.6 Å². The lowest BCUT2D eigenvalue weighted by Gasteiger charge is -2.34. The van der Waals surface area contributed by atoms with Crippen molar-refractivity contribution in [2.24, 2.45) is 0 Å². The number of imide groups is 1. The van der Waals surface area contributed by atoms with E-state index in [4.69, 9.17) is 9.84 Å². The third kappa shape index (κ3) is 1.40. The van der Waals surface area contributed by atoms with Gasteiger partial charge in [0.05, 0.1) is 13.2 Å². The van der Waals surface area contributed by atoms with Crippen molar-refractivity contribution in [3.05, 3.63) is 0 Å². The number of ether oxygens (including phenoxy) is 1. The molecule has 0 bridgehead atoms. The van der Waals surface area contributed by atoms with Gasteiger partial charge in [0.2, 0.25) is 0 Å². The molecule has 0 aromatic rings. The minimum absolute atomic E-state index is 0.123. The lowest BCUT2D eigenvalue weighted by molar-refractivity contribution is -0.162. The second-order valence-corrected chi connectivity index (χ2v) is 3.10. The number of carboxylic acid groups (broad SMARTS) is 1. The quantitative estimate of drug-likeness (QED) is 0.572. The van der Waals surface area contributed by atoms with E-state index in [2.05, 4.69) is 0 Å². The third-order valence-electron chi connectivity index (χ3n) is 1.77. The summed E-state index contributed by atoms with van der Waals surface area (Å²) in [7, 11) is 0. The molecule has 2 amide bonds. The van der Waals surface area contributed by atoms with E-state index in [0.717, 1.165) is 4.90 Å². The Morgan fingerprint density at radius 3 is 2.67 bits per heavy atom. The van der Waals surface area contributed by atoms with Crippen molar-refractivity contribution in [1.82, 2.24) is 4.90 Å². The van der Waals surface area contributed by atoms with Crippen molar-refractivity contribution in [2.45, 2.75) is 19.4 Å². The van der Waals surface area contributed by atoms with Crippen LogP contribution < -0.4 is 0 Å². The summed E-state index contributed by atoms with van der Waals surface area (Å²) in [6.07, 6.45) is -1.21.